The van der Waals surface area contributed by atoms with Gasteiger partial charge in [0.2, 0.25) is 0 Å². The summed E-state index contributed by atoms with van der Waals surface area (Å²) in [5.74, 6) is -0.456. The van der Waals surface area contributed by atoms with Crippen molar-refractivity contribution < 1.29 is 13.9 Å². The number of benzene rings is 1. The number of carbonyl (C=O) groups is 1. The van der Waals surface area contributed by atoms with Gasteiger partial charge in [-0.05, 0) is 58.1 Å². The van der Waals surface area contributed by atoms with Crippen molar-refractivity contribution in [1.82, 2.24) is 4.98 Å². The maximum absolute atomic E-state index is 13.7. The Hall–Kier alpha value is -1.75. The molecule has 0 radical (unpaired) electrons. The normalized spacial score (nSPS) is 10.8. The molecule has 0 aliphatic rings. The molecule has 0 aliphatic heterocycles. The van der Waals surface area contributed by atoms with Crippen LogP contribution in [0, 0.1) is 19.7 Å². The summed E-state index contributed by atoms with van der Waals surface area (Å²) in [6.45, 7) is 6.03. The molecule has 0 aliphatic carbocycles. The molecule has 0 N–H and O–H groups in total. The molecule has 2 aromatic rings. The third kappa shape index (κ3) is 5.13. The molecule has 0 saturated heterocycles. The van der Waals surface area contributed by atoms with Crippen LogP contribution >= 0.6 is 11.3 Å². The summed E-state index contributed by atoms with van der Waals surface area (Å²) in [6, 6.07) is 5.26. The Bertz CT molecular complexity index is 697. The van der Waals surface area contributed by atoms with Gasteiger partial charge < -0.3 is 4.74 Å². The van der Waals surface area contributed by atoms with E-state index in [1.54, 1.807) is 30.4 Å². The molecule has 1 aromatic heterocycles. The van der Waals surface area contributed by atoms with E-state index < -0.39 is 0 Å². The first-order valence-corrected chi connectivity index (χ1v) is 9.21. The van der Waals surface area contributed by atoms with Crippen molar-refractivity contribution in [2.45, 2.75) is 52.9 Å². The first-order valence-electron chi connectivity index (χ1n) is 8.39. The lowest BCUT2D eigenvalue weighted by Gasteiger charge is -2.04. The summed E-state index contributed by atoms with van der Waals surface area (Å²) in [6.07, 6.45) is 4.57. The molecule has 0 amide bonds. The Labute approximate surface area is 146 Å². The first-order chi connectivity index (χ1) is 11.5. The number of aromatic nitrogens is 1. The van der Waals surface area contributed by atoms with Crippen LogP contribution < -0.4 is 0 Å². The van der Waals surface area contributed by atoms with Crippen molar-refractivity contribution in [3.63, 3.8) is 0 Å². The highest BCUT2D eigenvalue weighted by atomic mass is 32.1. The topological polar surface area (TPSA) is 39.2 Å². The molecule has 2 rings (SSSR count). The number of unbranched alkanes of at least 4 members (excludes halogenated alkanes) is 2. The molecular formula is C19H24FNO2S. The summed E-state index contributed by atoms with van der Waals surface area (Å²) < 4.78 is 18.7. The Kier molecular flexibility index (Phi) is 6.91. The van der Waals surface area contributed by atoms with Gasteiger partial charge in [0.15, 0.2) is 5.69 Å². The van der Waals surface area contributed by atoms with Crippen molar-refractivity contribution in [2.75, 3.05) is 6.61 Å². The molecule has 0 saturated carbocycles. The van der Waals surface area contributed by atoms with Crippen LogP contribution in [0.5, 0.6) is 0 Å². The van der Waals surface area contributed by atoms with Gasteiger partial charge in [-0.3, -0.25) is 0 Å². The van der Waals surface area contributed by atoms with Crippen molar-refractivity contribution in [3.05, 3.63) is 50.7 Å². The van der Waals surface area contributed by atoms with Crippen LogP contribution in [-0.4, -0.2) is 17.6 Å². The van der Waals surface area contributed by atoms with E-state index in [1.807, 2.05) is 19.9 Å². The third-order valence-electron chi connectivity index (χ3n) is 3.85. The number of nitrogens with zero attached hydrogens (tertiary/aromatic N) is 1. The number of ether oxygens (including phenoxy) is 1. The minimum atomic E-state index is -0.340. The summed E-state index contributed by atoms with van der Waals surface area (Å²) in [5.41, 5.74) is 2.33. The van der Waals surface area contributed by atoms with Crippen molar-refractivity contribution in [3.8, 4) is 0 Å². The van der Waals surface area contributed by atoms with Crippen LogP contribution in [0.25, 0.3) is 0 Å². The Morgan fingerprint density at radius 3 is 2.71 bits per heavy atom. The van der Waals surface area contributed by atoms with Gasteiger partial charge in [-0.15, -0.1) is 11.3 Å². The predicted octanol–water partition coefficient (Wildman–Crippen LogP) is 5.03. The van der Waals surface area contributed by atoms with Gasteiger partial charge in [0.1, 0.15) is 5.82 Å². The van der Waals surface area contributed by atoms with Crippen LogP contribution in [0.1, 0.15) is 57.7 Å². The molecule has 24 heavy (non-hydrogen) atoms. The van der Waals surface area contributed by atoms with E-state index in [0.717, 1.165) is 53.1 Å². The SMILES string of the molecule is CCOC(=O)c1nc(CCCCCc2cc(C)ccc2F)sc1C. The molecule has 130 valence electrons. The molecule has 3 nitrogen and oxygen atoms in total. The zero-order chi connectivity index (χ0) is 17.5. The highest BCUT2D eigenvalue weighted by Gasteiger charge is 2.16. The van der Waals surface area contributed by atoms with E-state index in [1.165, 1.54) is 0 Å². The molecular weight excluding hydrogens is 325 g/mol. The van der Waals surface area contributed by atoms with Crippen LogP contribution in [-0.2, 0) is 17.6 Å². The lowest BCUT2D eigenvalue weighted by Crippen LogP contribution is -2.06. The summed E-state index contributed by atoms with van der Waals surface area (Å²) in [5, 5.41) is 0.970. The van der Waals surface area contributed by atoms with Gasteiger partial charge in [-0.2, -0.15) is 0 Å². The average molecular weight is 349 g/mol. The number of carbonyl (C=O) groups excluding carboxylic acids is 1. The highest BCUT2D eigenvalue weighted by Crippen LogP contribution is 2.21. The van der Waals surface area contributed by atoms with E-state index in [4.69, 9.17) is 4.74 Å². The molecule has 0 spiro atoms. The van der Waals surface area contributed by atoms with Gasteiger partial charge in [0.25, 0.3) is 0 Å². The average Bonchev–Trinajstić information content (AvgIpc) is 2.91. The number of aryl methyl sites for hydroxylation is 4. The zero-order valence-electron chi connectivity index (χ0n) is 14.5. The number of rotatable bonds is 8. The lowest BCUT2D eigenvalue weighted by molar-refractivity contribution is 0.0519. The van der Waals surface area contributed by atoms with E-state index in [2.05, 4.69) is 4.98 Å². The minimum Gasteiger partial charge on any atom is -0.461 e. The molecule has 0 bridgehead atoms. The smallest absolute Gasteiger partial charge is 0.358 e. The van der Waals surface area contributed by atoms with Crippen molar-refractivity contribution >= 4 is 17.3 Å². The molecule has 0 fully saturated rings. The van der Waals surface area contributed by atoms with Gasteiger partial charge in [-0.1, -0.05) is 24.1 Å². The number of hydrogen-bond donors (Lipinski definition) is 0. The van der Waals surface area contributed by atoms with Gasteiger partial charge in [0.05, 0.1) is 11.6 Å². The number of thiazole rings is 1. The number of esters is 1. The molecule has 1 heterocycles. The van der Waals surface area contributed by atoms with E-state index in [-0.39, 0.29) is 11.8 Å². The second-order valence-corrected chi connectivity index (χ2v) is 7.18. The van der Waals surface area contributed by atoms with Gasteiger partial charge in [-0.25, -0.2) is 14.2 Å². The summed E-state index contributed by atoms with van der Waals surface area (Å²) in [4.78, 5) is 17.1. The monoisotopic (exact) mass is 349 g/mol. The van der Waals surface area contributed by atoms with Gasteiger partial charge >= 0.3 is 5.97 Å². The summed E-state index contributed by atoms with van der Waals surface area (Å²) in [7, 11) is 0. The van der Waals surface area contributed by atoms with E-state index >= 15 is 0 Å². The Balaban J connectivity index is 1.77. The van der Waals surface area contributed by atoms with Crippen molar-refractivity contribution in [2.24, 2.45) is 0 Å². The van der Waals surface area contributed by atoms with Crippen LogP contribution in [0.2, 0.25) is 0 Å². The maximum atomic E-state index is 13.7. The molecule has 5 heteroatoms. The van der Waals surface area contributed by atoms with Crippen molar-refractivity contribution in [1.29, 1.82) is 0 Å². The molecule has 1 aromatic carbocycles. The quantitative estimate of drug-likeness (QED) is 0.495. The zero-order valence-corrected chi connectivity index (χ0v) is 15.3. The Morgan fingerprint density at radius 1 is 1.21 bits per heavy atom. The molecule has 0 atom stereocenters. The Morgan fingerprint density at radius 2 is 1.96 bits per heavy atom. The second kappa shape index (κ2) is 8.92. The lowest BCUT2D eigenvalue weighted by atomic mass is 10.0. The number of halogens is 1. The van der Waals surface area contributed by atoms with E-state index in [0.29, 0.717) is 12.3 Å². The minimum absolute atomic E-state index is 0.116. The first kappa shape index (κ1) is 18.6. The summed E-state index contributed by atoms with van der Waals surface area (Å²) >= 11 is 1.56. The third-order valence-corrected chi connectivity index (χ3v) is 4.88. The molecule has 0 unspecified atom stereocenters. The standard InChI is InChI=1S/C19H24FNO2S/c1-4-23-19(22)18-14(3)24-17(21-18)9-7-5-6-8-15-12-13(2)10-11-16(15)20/h10-12H,4-9H2,1-3H3. The van der Waals surface area contributed by atoms with Crippen LogP contribution in [0.4, 0.5) is 4.39 Å². The largest absolute Gasteiger partial charge is 0.461 e. The van der Waals surface area contributed by atoms with Crippen LogP contribution in [0.15, 0.2) is 18.2 Å². The number of hydrogen-bond acceptors (Lipinski definition) is 4. The fourth-order valence-electron chi connectivity index (χ4n) is 2.61. The fraction of sp³-hybridized carbons (Fsp3) is 0.474. The van der Waals surface area contributed by atoms with Crippen LogP contribution in [0.3, 0.4) is 0 Å². The second-order valence-electron chi connectivity index (χ2n) is 5.89. The highest BCUT2D eigenvalue weighted by molar-refractivity contribution is 7.11. The maximum Gasteiger partial charge on any atom is 0.358 e. The predicted molar refractivity (Wildman–Crippen MR) is 95.2 cm³/mol. The fourth-order valence-corrected chi connectivity index (χ4v) is 3.57. The van der Waals surface area contributed by atoms with E-state index in [9.17, 15) is 9.18 Å². The van der Waals surface area contributed by atoms with Gasteiger partial charge in [0, 0.05) is 4.88 Å².